The average molecular weight is 168 g/mol. The van der Waals surface area contributed by atoms with Gasteiger partial charge in [0.05, 0.1) is 6.54 Å². The summed E-state index contributed by atoms with van der Waals surface area (Å²) in [6.45, 7) is 0.295. The highest BCUT2D eigenvalue weighted by molar-refractivity contribution is 5.46. The molecule has 0 aromatic heterocycles. The first-order chi connectivity index (χ1) is 5.72. The van der Waals surface area contributed by atoms with Crippen LogP contribution in [0.15, 0.2) is 24.3 Å². The Morgan fingerprint density at radius 1 is 1.42 bits per heavy atom. The fourth-order valence-corrected chi connectivity index (χ4v) is 0.838. The van der Waals surface area contributed by atoms with Crippen LogP contribution in [0.4, 0.5) is 4.39 Å². The molecule has 0 unspecified atom stereocenters. The van der Waals surface area contributed by atoms with Gasteiger partial charge in [-0.15, -0.1) is 0 Å². The van der Waals surface area contributed by atoms with Crippen LogP contribution < -0.4 is 5.84 Å². The molecule has 0 aliphatic heterocycles. The summed E-state index contributed by atoms with van der Waals surface area (Å²) in [6, 6.07) is 5.82. The Labute approximate surface area is 69.6 Å². The van der Waals surface area contributed by atoms with Crippen LogP contribution in [-0.4, -0.2) is 11.4 Å². The summed E-state index contributed by atoms with van der Waals surface area (Å²) in [4.78, 5) is 10.1. The van der Waals surface area contributed by atoms with Crippen molar-refractivity contribution in [3.05, 3.63) is 35.6 Å². The number of hydrogen-bond acceptors (Lipinski definition) is 2. The van der Waals surface area contributed by atoms with Gasteiger partial charge in [-0.2, -0.15) is 0 Å². The van der Waals surface area contributed by atoms with Crippen molar-refractivity contribution in [3.63, 3.8) is 0 Å². The van der Waals surface area contributed by atoms with E-state index in [2.05, 4.69) is 0 Å². The van der Waals surface area contributed by atoms with Crippen molar-refractivity contribution in [1.29, 1.82) is 0 Å². The second-order valence-electron chi connectivity index (χ2n) is 2.40. The number of hydrogen-bond donors (Lipinski definition) is 1. The number of hydrazine groups is 1. The predicted octanol–water partition coefficient (Wildman–Crippen LogP) is 0.658. The molecule has 4 heteroatoms. The molecule has 0 atom stereocenters. The highest BCUT2D eigenvalue weighted by atomic mass is 19.1. The maximum atomic E-state index is 12.4. The van der Waals surface area contributed by atoms with Crippen molar-refractivity contribution in [2.75, 3.05) is 0 Å². The van der Waals surface area contributed by atoms with Crippen LogP contribution >= 0.6 is 0 Å². The van der Waals surface area contributed by atoms with E-state index in [4.69, 9.17) is 5.84 Å². The van der Waals surface area contributed by atoms with E-state index in [-0.39, 0.29) is 5.82 Å². The summed E-state index contributed by atoms with van der Waals surface area (Å²) in [5, 5.41) is 0.993. The quantitative estimate of drug-likeness (QED) is 0.312. The maximum absolute atomic E-state index is 12.4. The monoisotopic (exact) mass is 168 g/mol. The summed E-state index contributed by atoms with van der Waals surface area (Å²) in [5.74, 6) is 4.92. The van der Waals surface area contributed by atoms with Crippen LogP contribution in [0.5, 0.6) is 0 Å². The number of carbonyl (C=O) groups excluding carboxylic acids is 1. The Morgan fingerprint density at radius 3 is 2.50 bits per heavy atom. The minimum atomic E-state index is -0.298. The molecule has 3 nitrogen and oxygen atoms in total. The maximum Gasteiger partial charge on any atom is 0.223 e. The van der Waals surface area contributed by atoms with E-state index in [1.165, 1.54) is 12.1 Å². The van der Waals surface area contributed by atoms with Crippen molar-refractivity contribution in [2.24, 2.45) is 5.84 Å². The van der Waals surface area contributed by atoms with Gasteiger partial charge >= 0.3 is 0 Å². The third kappa shape index (κ3) is 2.32. The lowest BCUT2D eigenvalue weighted by atomic mass is 10.2. The third-order valence-electron chi connectivity index (χ3n) is 1.41. The zero-order valence-electron chi connectivity index (χ0n) is 6.40. The first-order valence-corrected chi connectivity index (χ1v) is 3.43. The standard InChI is InChI=1S/C8H9FN2O/c9-8-3-1-7(2-4-8)5-11(10)6-12/h1-4,6H,5,10H2. The van der Waals surface area contributed by atoms with Gasteiger partial charge in [0.2, 0.25) is 6.41 Å². The predicted molar refractivity (Wildman–Crippen MR) is 42.2 cm³/mol. The molecular formula is C8H9FN2O. The molecule has 12 heavy (non-hydrogen) atoms. The molecule has 0 saturated heterocycles. The zero-order chi connectivity index (χ0) is 8.97. The normalized spacial score (nSPS) is 9.50. The fourth-order valence-electron chi connectivity index (χ4n) is 0.838. The van der Waals surface area contributed by atoms with E-state index in [0.29, 0.717) is 13.0 Å². The molecule has 0 bridgehead atoms. The average Bonchev–Trinajstić information content (AvgIpc) is 2.09. The van der Waals surface area contributed by atoms with Crippen LogP contribution in [0, 0.1) is 5.82 Å². The Morgan fingerprint density at radius 2 is 2.00 bits per heavy atom. The van der Waals surface area contributed by atoms with E-state index in [0.717, 1.165) is 10.6 Å². The first-order valence-electron chi connectivity index (χ1n) is 3.43. The Balaban J connectivity index is 2.64. The SMILES string of the molecule is NN(C=O)Cc1ccc(F)cc1. The Hall–Kier alpha value is -1.42. The van der Waals surface area contributed by atoms with Crippen molar-refractivity contribution < 1.29 is 9.18 Å². The summed E-state index contributed by atoms with van der Waals surface area (Å²) in [6.07, 6.45) is 0.517. The molecule has 0 saturated carbocycles. The van der Waals surface area contributed by atoms with Crippen molar-refractivity contribution in [3.8, 4) is 0 Å². The molecule has 1 rings (SSSR count). The largest absolute Gasteiger partial charge is 0.279 e. The van der Waals surface area contributed by atoms with Gasteiger partial charge in [0.25, 0.3) is 0 Å². The van der Waals surface area contributed by atoms with E-state index in [9.17, 15) is 9.18 Å². The lowest BCUT2D eigenvalue weighted by molar-refractivity contribution is -0.118. The second-order valence-corrected chi connectivity index (χ2v) is 2.40. The van der Waals surface area contributed by atoms with Gasteiger partial charge in [0.1, 0.15) is 5.82 Å². The Bertz CT molecular complexity index is 260. The van der Waals surface area contributed by atoms with Crippen LogP contribution in [-0.2, 0) is 11.3 Å². The molecule has 0 aliphatic carbocycles. The zero-order valence-corrected chi connectivity index (χ0v) is 6.40. The fraction of sp³-hybridized carbons (Fsp3) is 0.125. The molecule has 0 aliphatic rings. The van der Waals surface area contributed by atoms with Crippen molar-refractivity contribution in [2.45, 2.75) is 6.54 Å². The topological polar surface area (TPSA) is 46.3 Å². The molecule has 64 valence electrons. The van der Waals surface area contributed by atoms with Gasteiger partial charge in [0.15, 0.2) is 0 Å². The molecule has 1 aromatic rings. The van der Waals surface area contributed by atoms with Gasteiger partial charge in [-0.05, 0) is 17.7 Å². The summed E-state index contributed by atoms with van der Waals surface area (Å²) in [7, 11) is 0. The minimum Gasteiger partial charge on any atom is -0.279 e. The summed E-state index contributed by atoms with van der Waals surface area (Å²) < 4.78 is 12.4. The van der Waals surface area contributed by atoms with E-state index >= 15 is 0 Å². The van der Waals surface area contributed by atoms with Gasteiger partial charge in [0, 0.05) is 0 Å². The van der Waals surface area contributed by atoms with Gasteiger partial charge in [-0.25, -0.2) is 10.2 Å². The second kappa shape index (κ2) is 3.82. The van der Waals surface area contributed by atoms with Crippen molar-refractivity contribution >= 4 is 6.41 Å². The number of rotatable bonds is 3. The third-order valence-corrected chi connectivity index (χ3v) is 1.41. The molecule has 2 N–H and O–H groups in total. The van der Waals surface area contributed by atoms with Crippen LogP contribution in [0.25, 0.3) is 0 Å². The molecule has 0 heterocycles. The van der Waals surface area contributed by atoms with Crippen molar-refractivity contribution in [1.82, 2.24) is 5.01 Å². The van der Waals surface area contributed by atoms with Gasteiger partial charge in [-0.1, -0.05) is 12.1 Å². The smallest absolute Gasteiger partial charge is 0.223 e. The molecule has 1 aromatic carbocycles. The Kier molecular flexibility index (Phi) is 2.76. The molecule has 0 spiro atoms. The van der Waals surface area contributed by atoms with Crippen LogP contribution in [0.1, 0.15) is 5.56 Å². The highest BCUT2D eigenvalue weighted by Gasteiger charge is 1.96. The number of benzene rings is 1. The number of nitrogens with zero attached hydrogens (tertiary/aromatic N) is 1. The van der Waals surface area contributed by atoms with E-state index in [1.54, 1.807) is 12.1 Å². The van der Waals surface area contributed by atoms with Crippen LogP contribution in [0.2, 0.25) is 0 Å². The minimum absolute atomic E-state index is 0.295. The van der Waals surface area contributed by atoms with E-state index < -0.39 is 0 Å². The molecular weight excluding hydrogens is 159 g/mol. The number of amides is 1. The molecule has 0 radical (unpaired) electrons. The van der Waals surface area contributed by atoms with Gasteiger partial charge < -0.3 is 0 Å². The van der Waals surface area contributed by atoms with E-state index in [1.807, 2.05) is 0 Å². The number of halogens is 1. The van der Waals surface area contributed by atoms with Gasteiger partial charge in [-0.3, -0.25) is 9.80 Å². The molecule has 0 fully saturated rings. The summed E-state index contributed by atoms with van der Waals surface area (Å²) in [5.41, 5.74) is 0.797. The first kappa shape index (κ1) is 8.67. The van der Waals surface area contributed by atoms with Crippen LogP contribution in [0.3, 0.4) is 0 Å². The number of nitrogens with two attached hydrogens (primary N) is 1. The lowest BCUT2D eigenvalue weighted by Gasteiger charge is -2.08. The summed E-state index contributed by atoms with van der Waals surface area (Å²) >= 11 is 0. The molecule has 1 amide bonds. The lowest BCUT2D eigenvalue weighted by Crippen LogP contribution is -2.28. The number of carbonyl (C=O) groups is 1. The highest BCUT2D eigenvalue weighted by Crippen LogP contribution is 2.03.